The minimum absolute atomic E-state index is 0.223. The highest BCUT2D eigenvalue weighted by molar-refractivity contribution is 4.58. The average molecular weight is 161 g/mol. The maximum absolute atomic E-state index is 8.67. The largest absolute Gasteiger partial charge is 0.396 e. The lowest BCUT2D eigenvalue weighted by atomic mass is 10.1. The molecule has 2 unspecified atom stereocenters. The fraction of sp³-hybridized carbons (Fsp3) is 1.00. The molecule has 0 bridgehead atoms. The van der Waals surface area contributed by atoms with E-state index in [0.717, 1.165) is 13.1 Å². The molecule has 3 N–H and O–H groups in total. The third kappa shape index (κ3) is 6.28. The number of hydrogen-bond donors (Lipinski definition) is 3. The number of nitrogens with one attached hydrogen (secondary N) is 1. The highest BCUT2D eigenvalue weighted by Crippen LogP contribution is 1.92. The summed E-state index contributed by atoms with van der Waals surface area (Å²) in [5.41, 5.74) is 0. The molecule has 0 rings (SSSR count). The molecule has 0 saturated carbocycles. The van der Waals surface area contributed by atoms with Crippen LogP contribution in [-0.2, 0) is 0 Å². The van der Waals surface area contributed by atoms with Gasteiger partial charge in [-0.2, -0.15) is 0 Å². The van der Waals surface area contributed by atoms with E-state index in [9.17, 15) is 0 Å². The average Bonchev–Trinajstić information content (AvgIpc) is 2.04. The predicted molar refractivity (Wildman–Crippen MR) is 45.4 cm³/mol. The number of hydrogen-bond acceptors (Lipinski definition) is 3. The summed E-state index contributed by atoms with van der Waals surface area (Å²) in [6.07, 6.45) is 0. The zero-order chi connectivity index (χ0) is 8.69. The van der Waals surface area contributed by atoms with E-state index in [4.69, 9.17) is 10.2 Å². The van der Waals surface area contributed by atoms with E-state index >= 15 is 0 Å². The van der Waals surface area contributed by atoms with Crippen molar-refractivity contribution in [3.05, 3.63) is 0 Å². The Balaban J connectivity index is 3.13. The summed E-state index contributed by atoms with van der Waals surface area (Å²) in [5, 5.41) is 20.5. The molecule has 11 heavy (non-hydrogen) atoms. The zero-order valence-electron chi connectivity index (χ0n) is 7.38. The number of aliphatic hydroxyl groups excluding tert-OH is 2. The van der Waals surface area contributed by atoms with Gasteiger partial charge in [-0.1, -0.05) is 13.8 Å². The van der Waals surface area contributed by atoms with E-state index in [2.05, 4.69) is 5.32 Å². The summed E-state index contributed by atoms with van der Waals surface area (Å²) in [4.78, 5) is 0. The quantitative estimate of drug-likeness (QED) is 0.507. The highest BCUT2D eigenvalue weighted by Gasteiger charge is 2.01. The molecule has 0 amide bonds. The summed E-state index contributed by atoms with van der Waals surface area (Å²) in [6, 6.07) is 0. The van der Waals surface area contributed by atoms with Gasteiger partial charge in [-0.3, -0.25) is 0 Å². The predicted octanol–water partition coefficient (Wildman–Crippen LogP) is -0.167. The van der Waals surface area contributed by atoms with Gasteiger partial charge in [0.05, 0.1) is 0 Å². The van der Waals surface area contributed by atoms with Gasteiger partial charge in [0.2, 0.25) is 0 Å². The molecule has 2 atom stereocenters. The first kappa shape index (κ1) is 10.9. The third-order valence-corrected chi connectivity index (χ3v) is 1.61. The Morgan fingerprint density at radius 1 is 1.00 bits per heavy atom. The second-order valence-electron chi connectivity index (χ2n) is 3.23. The van der Waals surface area contributed by atoms with Crippen LogP contribution in [-0.4, -0.2) is 36.5 Å². The smallest absolute Gasteiger partial charge is 0.0468 e. The van der Waals surface area contributed by atoms with Crippen LogP contribution in [0.5, 0.6) is 0 Å². The van der Waals surface area contributed by atoms with Crippen LogP contribution >= 0.6 is 0 Å². The summed E-state index contributed by atoms with van der Waals surface area (Å²) in [5.74, 6) is 0.613. The Morgan fingerprint density at radius 2 is 1.36 bits per heavy atom. The molecule has 0 radical (unpaired) electrons. The minimum Gasteiger partial charge on any atom is -0.396 e. The van der Waals surface area contributed by atoms with Gasteiger partial charge < -0.3 is 15.5 Å². The third-order valence-electron chi connectivity index (χ3n) is 1.61. The van der Waals surface area contributed by atoms with E-state index in [-0.39, 0.29) is 13.2 Å². The van der Waals surface area contributed by atoms with Crippen molar-refractivity contribution in [2.75, 3.05) is 26.3 Å². The lowest BCUT2D eigenvalue weighted by Gasteiger charge is -2.12. The molecule has 0 aromatic carbocycles. The normalized spacial score (nSPS) is 16.4. The van der Waals surface area contributed by atoms with Gasteiger partial charge in [0.25, 0.3) is 0 Å². The molecule has 3 nitrogen and oxygen atoms in total. The van der Waals surface area contributed by atoms with Crippen LogP contribution in [0.4, 0.5) is 0 Å². The molecule has 3 heteroatoms. The molecule has 0 spiro atoms. The van der Waals surface area contributed by atoms with Gasteiger partial charge in [-0.05, 0) is 24.9 Å². The van der Waals surface area contributed by atoms with Crippen LogP contribution in [0, 0.1) is 11.8 Å². The molecule has 0 aliphatic rings. The summed E-state index contributed by atoms with van der Waals surface area (Å²) in [7, 11) is 0. The topological polar surface area (TPSA) is 52.5 Å². The van der Waals surface area contributed by atoms with E-state index < -0.39 is 0 Å². The van der Waals surface area contributed by atoms with Crippen molar-refractivity contribution in [1.29, 1.82) is 0 Å². The Labute approximate surface area is 68.4 Å². The Kier molecular flexibility index (Phi) is 6.51. The molecule has 0 aliphatic heterocycles. The second-order valence-corrected chi connectivity index (χ2v) is 3.23. The standard InChI is InChI=1S/C8H19NO2/c1-7(5-10)3-9-4-8(2)6-11/h7-11H,3-6H2,1-2H3. The molecule has 0 aromatic heterocycles. The Hall–Kier alpha value is -0.120. The van der Waals surface area contributed by atoms with Crippen molar-refractivity contribution in [2.45, 2.75) is 13.8 Å². The maximum atomic E-state index is 8.67. The van der Waals surface area contributed by atoms with Crippen LogP contribution < -0.4 is 5.32 Å². The van der Waals surface area contributed by atoms with Gasteiger partial charge in [0, 0.05) is 13.2 Å². The summed E-state index contributed by atoms with van der Waals surface area (Å²) in [6.45, 7) is 6.05. The van der Waals surface area contributed by atoms with E-state index in [0.29, 0.717) is 11.8 Å². The molecule has 0 aromatic rings. The second kappa shape index (κ2) is 6.58. The molecular formula is C8H19NO2. The Bertz CT molecular complexity index is 78.2. The van der Waals surface area contributed by atoms with Crippen LogP contribution in [0.2, 0.25) is 0 Å². The first-order valence-electron chi connectivity index (χ1n) is 4.13. The molecule has 0 fully saturated rings. The van der Waals surface area contributed by atoms with Gasteiger partial charge in [0.15, 0.2) is 0 Å². The van der Waals surface area contributed by atoms with E-state index in [1.54, 1.807) is 0 Å². The number of aliphatic hydroxyl groups is 2. The van der Waals surface area contributed by atoms with Crippen molar-refractivity contribution < 1.29 is 10.2 Å². The molecular weight excluding hydrogens is 142 g/mol. The molecule has 0 heterocycles. The van der Waals surface area contributed by atoms with Gasteiger partial charge in [-0.25, -0.2) is 0 Å². The number of rotatable bonds is 6. The van der Waals surface area contributed by atoms with E-state index in [1.165, 1.54) is 0 Å². The van der Waals surface area contributed by atoms with E-state index in [1.807, 2.05) is 13.8 Å². The van der Waals surface area contributed by atoms with Crippen molar-refractivity contribution in [3.63, 3.8) is 0 Å². The van der Waals surface area contributed by atoms with Crippen LogP contribution in [0.3, 0.4) is 0 Å². The van der Waals surface area contributed by atoms with Crippen molar-refractivity contribution in [1.82, 2.24) is 5.32 Å². The van der Waals surface area contributed by atoms with Crippen LogP contribution in [0.1, 0.15) is 13.8 Å². The van der Waals surface area contributed by atoms with Crippen molar-refractivity contribution in [3.8, 4) is 0 Å². The zero-order valence-corrected chi connectivity index (χ0v) is 7.38. The maximum Gasteiger partial charge on any atom is 0.0468 e. The lowest BCUT2D eigenvalue weighted by Crippen LogP contribution is -2.28. The molecule has 0 saturated heterocycles. The van der Waals surface area contributed by atoms with Crippen LogP contribution in [0.15, 0.2) is 0 Å². The van der Waals surface area contributed by atoms with Crippen LogP contribution in [0.25, 0.3) is 0 Å². The minimum atomic E-state index is 0.223. The first-order valence-corrected chi connectivity index (χ1v) is 4.13. The van der Waals surface area contributed by atoms with Gasteiger partial charge in [-0.15, -0.1) is 0 Å². The Morgan fingerprint density at radius 3 is 1.64 bits per heavy atom. The van der Waals surface area contributed by atoms with Gasteiger partial charge >= 0.3 is 0 Å². The summed E-state index contributed by atoms with van der Waals surface area (Å²) >= 11 is 0. The van der Waals surface area contributed by atoms with Crippen molar-refractivity contribution in [2.24, 2.45) is 11.8 Å². The first-order chi connectivity index (χ1) is 5.20. The lowest BCUT2D eigenvalue weighted by molar-refractivity contribution is 0.216. The molecule has 0 aliphatic carbocycles. The fourth-order valence-corrected chi connectivity index (χ4v) is 0.705. The molecule has 68 valence electrons. The monoisotopic (exact) mass is 161 g/mol. The summed E-state index contributed by atoms with van der Waals surface area (Å²) < 4.78 is 0. The van der Waals surface area contributed by atoms with Crippen molar-refractivity contribution >= 4 is 0 Å². The van der Waals surface area contributed by atoms with Gasteiger partial charge in [0.1, 0.15) is 0 Å². The highest BCUT2D eigenvalue weighted by atomic mass is 16.3. The SMILES string of the molecule is CC(CO)CNCC(C)CO. The fourth-order valence-electron chi connectivity index (χ4n) is 0.705.